The zero-order valence-corrected chi connectivity index (χ0v) is 11.7. The van der Waals surface area contributed by atoms with Crippen molar-refractivity contribution in [2.24, 2.45) is 0 Å². The number of nitro benzene ring substituents is 1. The van der Waals surface area contributed by atoms with Crippen molar-refractivity contribution < 1.29 is 19.6 Å². The van der Waals surface area contributed by atoms with E-state index < -0.39 is 16.9 Å². The summed E-state index contributed by atoms with van der Waals surface area (Å²) in [5.41, 5.74) is 1.40. The third-order valence-electron chi connectivity index (χ3n) is 4.14. The number of hydrogen-bond donors (Lipinski definition) is 2. The average molecular weight is 305 g/mol. The highest BCUT2D eigenvalue weighted by atomic mass is 16.6. The van der Waals surface area contributed by atoms with Gasteiger partial charge in [-0.05, 0) is 30.9 Å². The van der Waals surface area contributed by atoms with E-state index in [2.05, 4.69) is 5.32 Å². The topological polar surface area (TPSA) is 113 Å². The van der Waals surface area contributed by atoms with Crippen molar-refractivity contribution in [2.75, 3.05) is 16.8 Å². The van der Waals surface area contributed by atoms with Crippen LogP contribution in [0, 0.1) is 10.1 Å². The highest BCUT2D eigenvalue weighted by molar-refractivity contribution is 5.95. The molecule has 3 rings (SSSR count). The molecule has 1 amide bonds. The Hall–Kier alpha value is -2.64. The summed E-state index contributed by atoms with van der Waals surface area (Å²) >= 11 is 0. The Balaban J connectivity index is 2.09. The number of aliphatic carboxylic acids is 1. The maximum atomic E-state index is 11.5. The molecule has 0 radical (unpaired) electrons. The number of anilines is 2. The van der Waals surface area contributed by atoms with Crippen LogP contribution in [0.3, 0.4) is 0 Å². The van der Waals surface area contributed by atoms with E-state index in [9.17, 15) is 24.8 Å². The molecular weight excluding hydrogens is 290 g/mol. The number of nitro groups is 1. The largest absolute Gasteiger partial charge is 0.480 e. The molecule has 1 saturated heterocycles. The van der Waals surface area contributed by atoms with Gasteiger partial charge in [-0.1, -0.05) is 0 Å². The molecule has 0 unspecified atom stereocenters. The van der Waals surface area contributed by atoms with E-state index >= 15 is 0 Å². The Morgan fingerprint density at radius 3 is 2.86 bits per heavy atom. The summed E-state index contributed by atoms with van der Waals surface area (Å²) in [5.74, 6) is -1.13. The second-order valence-corrected chi connectivity index (χ2v) is 5.49. The first-order valence-electron chi connectivity index (χ1n) is 7.08. The van der Waals surface area contributed by atoms with Gasteiger partial charge in [0.1, 0.15) is 11.7 Å². The minimum atomic E-state index is -0.992. The molecule has 8 heteroatoms. The molecule has 1 aromatic carbocycles. The van der Waals surface area contributed by atoms with Crippen molar-refractivity contribution in [3.8, 4) is 0 Å². The van der Waals surface area contributed by atoms with Gasteiger partial charge in [0, 0.05) is 24.7 Å². The van der Waals surface area contributed by atoms with Crippen molar-refractivity contribution in [3.05, 3.63) is 27.8 Å². The van der Waals surface area contributed by atoms with Crippen LogP contribution in [-0.4, -0.2) is 34.5 Å². The van der Waals surface area contributed by atoms with Crippen molar-refractivity contribution in [2.45, 2.75) is 31.7 Å². The maximum absolute atomic E-state index is 11.5. The predicted octanol–water partition coefficient (Wildman–Crippen LogP) is 1.53. The molecule has 2 aliphatic heterocycles. The number of amides is 1. The lowest BCUT2D eigenvalue weighted by atomic mass is 10.0. The SMILES string of the molecule is O=C1CCc2cc([N+](=O)[O-])c(N3CCC[C@H]3C(=O)O)cc2N1. The third kappa shape index (κ3) is 2.36. The Labute approximate surface area is 125 Å². The predicted molar refractivity (Wildman–Crippen MR) is 78.1 cm³/mol. The first-order chi connectivity index (χ1) is 10.5. The Morgan fingerprint density at radius 2 is 2.18 bits per heavy atom. The van der Waals surface area contributed by atoms with Gasteiger partial charge in [0.05, 0.1) is 4.92 Å². The van der Waals surface area contributed by atoms with Crippen LogP contribution in [0.1, 0.15) is 24.8 Å². The third-order valence-corrected chi connectivity index (χ3v) is 4.14. The van der Waals surface area contributed by atoms with Gasteiger partial charge < -0.3 is 15.3 Å². The number of nitrogens with one attached hydrogen (secondary N) is 1. The molecular formula is C14H15N3O5. The average Bonchev–Trinajstić information content (AvgIpc) is 2.95. The number of hydrogen-bond acceptors (Lipinski definition) is 5. The minimum absolute atomic E-state index is 0.108. The number of aryl methyl sites for hydroxylation is 1. The van der Waals surface area contributed by atoms with E-state index in [0.29, 0.717) is 43.5 Å². The van der Waals surface area contributed by atoms with E-state index in [1.807, 2.05) is 0 Å². The number of carboxylic acids is 1. The Morgan fingerprint density at radius 1 is 1.41 bits per heavy atom. The molecule has 0 aromatic heterocycles. The Bertz CT molecular complexity index is 673. The molecule has 22 heavy (non-hydrogen) atoms. The van der Waals surface area contributed by atoms with E-state index in [0.717, 1.165) is 0 Å². The molecule has 116 valence electrons. The number of benzene rings is 1. The van der Waals surface area contributed by atoms with E-state index in [1.54, 1.807) is 4.90 Å². The number of nitrogens with zero attached hydrogens (tertiary/aromatic N) is 2. The maximum Gasteiger partial charge on any atom is 0.326 e. The molecule has 0 saturated carbocycles. The summed E-state index contributed by atoms with van der Waals surface area (Å²) in [6, 6.07) is 2.21. The Kier molecular flexibility index (Phi) is 3.44. The molecule has 2 aliphatic rings. The highest BCUT2D eigenvalue weighted by Crippen LogP contribution is 2.39. The van der Waals surface area contributed by atoms with Crippen molar-refractivity contribution in [1.29, 1.82) is 0 Å². The molecule has 1 aromatic rings. The van der Waals surface area contributed by atoms with Crippen LogP contribution >= 0.6 is 0 Å². The number of rotatable bonds is 3. The van der Waals surface area contributed by atoms with Crippen LogP contribution in [0.25, 0.3) is 0 Å². The van der Waals surface area contributed by atoms with Gasteiger partial charge in [0.15, 0.2) is 0 Å². The second-order valence-electron chi connectivity index (χ2n) is 5.49. The molecule has 1 fully saturated rings. The van der Waals surface area contributed by atoms with Gasteiger partial charge in [-0.3, -0.25) is 14.9 Å². The molecule has 8 nitrogen and oxygen atoms in total. The van der Waals surface area contributed by atoms with Gasteiger partial charge in [-0.15, -0.1) is 0 Å². The zero-order chi connectivity index (χ0) is 15.9. The summed E-state index contributed by atoms with van der Waals surface area (Å²) in [7, 11) is 0. The lowest BCUT2D eigenvalue weighted by Gasteiger charge is -2.26. The molecule has 0 spiro atoms. The highest BCUT2D eigenvalue weighted by Gasteiger charge is 2.35. The van der Waals surface area contributed by atoms with Gasteiger partial charge >= 0.3 is 5.97 Å². The molecule has 2 N–H and O–H groups in total. The van der Waals surface area contributed by atoms with Crippen LogP contribution in [0.15, 0.2) is 12.1 Å². The minimum Gasteiger partial charge on any atom is -0.480 e. The first kappa shape index (κ1) is 14.3. The van der Waals surface area contributed by atoms with Gasteiger partial charge in [-0.2, -0.15) is 0 Å². The second kappa shape index (κ2) is 5.28. The van der Waals surface area contributed by atoms with Crippen LogP contribution < -0.4 is 10.2 Å². The summed E-state index contributed by atoms with van der Waals surface area (Å²) in [6.45, 7) is 0.449. The monoisotopic (exact) mass is 305 g/mol. The molecule has 0 bridgehead atoms. The fraction of sp³-hybridized carbons (Fsp3) is 0.429. The smallest absolute Gasteiger partial charge is 0.326 e. The summed E-state index contributed by atoms with van der Waals surface area (Å²) in [6.07, 6.45) is 1.86. The number of fused-ring (bicyclic) bond motifs is 1. The van der Waals surface area contributed by atoms with E-state index in [4.69, 9.17) is 0 Å². The van der Waals surface area contributed by atoms with Gasteiger partial charge in [0.25, 0.3) is 5.69 Å². The first-order valence-corrected chi connectivity index (χ1v) is 7.08. The molecule has 2 heterocycles. The van der Waals surface area contributed by atoms with E-state index in [1.165, 1.54) is 12.1 Å². The number of carbonyl (C=O) groups is 2. The number of carbonyl (C=O) groups excluding carboxylic acids is 1. The lowest BCUT2D eigenvalue weighted by molar-refractivity contribution is -0.384. The van der Waals surface area contributed by atoms with Crippen molar-refractivity contribution in [3.63, 3.8) is 0 Å². The van der Waals surface area contributed by atoms with Crippen LogP contribution in [0.2, 0.25) is 0 Å². The standard InChI is InChI=1S/C14H15N3O5/c18-13-4-3-8-6-12(17(21)22)11(7-9(8)15-13)16-5-1-2-10(16)14(19)20/h6-7,10H,1-5H2,(H,15,18)(H,19,20)/t10-/m0/s1. The molecule has 1 atom stereocenters. The van der Waals surface area contributed by atoms with Crippen LogP contribution in [-0.2, 0) is 16.0 Å². The van der Waals surface area contributed by atoms with Crippen LogP contribution in [0.4, 0.5) is 17.1 Å². The number of carboxylic acid groups (broad SMARTS) is 1. The quantitative estimate of drug-likeness (QED) is 0.647. The summed E-state index contributed by atoms with van der Waals surface area (Å²) in [5, 5.41) is 23.3. The molecule has 0 aliphatic carbocycles. The van der Waals surface area contributed by atoms with Crippen molar-refractivity contribution in [1.82, 2.24) is 0 Å². The van der Waals surface area contributed by atoms with Crippen LogP contribution in [0.5, 0.6) is 0 Å². The van der Waals surface area contributed by atoms with Crippen molar-refractivity contribution >= 4 is 28.9 Å². The van der Waals surface area contributed by atoms with E-state index in [-0.39, 0.29) is 17.3 Å². The zero-order valence-electron chi connectivity index (χ0n) is 11.7. The fourth-order valence-corrected chi connectivity index (χ4v) is 3.09. The fourth-order valence-electron chi connectivity index (χ4n) is 3.09. The van der Waals surface area contributed by atoms with Gasteiger partial charge in [0.2, 0.25) is 5.91 Å². The summed E-state index contributed by atoms with van der Waals surface area (Å²) in [4.78, 5) is 35.2. The normalized spacial score (nSPS) is 20.5. The van der Waals surface area contributed by atoms with Gasteiger partial charge in [-0.25, -0.2) is 4.79 Å². The lowest BCUT2D eigenvalue weighted by Crippen LogP contribution is -2.36. The summed E-state index contributed by atoms with van der Waals surface area (Å²) < 4.78 is 0.